The molecule has 0 unspecified atom stereocenters. The normalized spacial score (nSPS) is 24.0. The third kappa shape index (κ3) is 20.6. The van der Waals surface area contributed by atoms with E-state index in [4.69, 9.17) is 52.4 Å². The molecule has 8 amide bonds. The van der Waals surface area contributed by atoms with Crippen molar-refractivity contribution in [2.24, 2.45) is 28.9 Å². The molecule has 0 bridgehead atoms. The number of amides is 8. The summed E-state index contributed by atoms with van der Waals surface area (Å²) in [4.78, 5) is 132. The van der Waals surface area contributed by atoms with Crippen LogP contribution in [0.3, 0.4) is 0 Å². The van der Waals surface area contributed by atoms with Gasteiger partial charge in [0.25, 0.3) is 11.8 Å². The second-order valence-corrected chi connectivity index (χ2v) is 26.9. The minimum atomic E-state index is -2.21. The van der Waals surface area contributed by atoms with Crippen LogP contribution in [-0.4, -0.2) is 262 Å². The number of hydrogen-bond acceptors (Lipinski definition) is 31. The summed E-state index contributed by atoms with van der Waals surface area (Å²) in [6.07, 6.45) is -20.3. The summed E-state index contributed by atoms with van der Waals surface area (Å²) in [5.41, 5.74) is 27.9. The quantitative estimate of drug-likeness (QED) is 0.0150. The monoisotopic (exact) mass is 1410 g/mol. The minimum Gasteiger partial charge on any atom is -0.449 e. The molecule has 6 rings (SSSR count). The molecule has 2 aliphatic rings. The number of carbonyl (C=O) groups is 8. The summed E-state index contributed by atoms with van der Waals surface area (Å²) in [5.74, 6) is -7.76. The van der Waals surface area contributed by atoms with E-state index in [-0.39, 0.29) is 64.9 Å². The van der Waals surface area contributed by atoms with Gasteiger partial charge in [-0.15, -0.1) is 22.7 Å². The van der Waals surface area contributed by atoms with Gasteiger partial charge in [-0.05, 0) is 37.4 Å². The highest BCUT2D eigenvalue weighted by Crippen LogP contribution is 2.35. The molecule has 96 heavy (non-hydrogen) atoms. The molecule has 2 saturated heterocycles. The molecule has 4 aromatic rings. The first-order chi connectivity index (χ1) is 45.3. The van der Waals surface area contributed by atoms with Gasteiger partial charge in [-0.25, -0.2) is 24.7 Å². The second kappa shape index (κ2) is 35.8. The first kappa shape index (κ1) is 77.7. The number of imidazole rings is 1. The predicted octanol–water partition coefficient (Wildman–Crippen LogP) is -8.07. The first-order valence-corrected chi connectivity index (χ1v) is 33.8. The van der Waals surface area contributed by atoms with Gasteiger partial charge in [0.15, 0.2) is 18.7 Å². The summed E-state index contributed by atoms with van der Waals surface area (Å²) in [7, 11) is 0.253. The van der Waals surface area contributed by atoms with Gasteiger partial charge >= 0.3 is 6.09 Å². The average molecular weight is 1410 g/mol. The fourth-order valence-electron chi connectivity index (χ4n) is 9.75. The Morgan fingerprint density at radius 2 is 1.47 bits per heavy atom. The molecule has 6 heterocycles. The van der Waals surface area contributed by atoms with Crippen LogP contribution in [0.4, 0.5) is 10.6 Å². The van der Waals surface area contributed by atoms with Crippen LogP contribution in [-0.2, 0) is 65.0 Å². The SMILES string of the molecule is Cc1c(N)nc([C@H](CC(N)=O)NC[C@H](N)C(N)=O)nc1C(=O)N[C@H](C(=O)N[C@H](C)[C@@H](O)[C@H](C)C(=O)N[C@H](C(=O)NCCc1nc(-c2nc(C(=O)NCCC[S+](C)C)cs2)cs1)[C@@H](C)O)[C@@H](O[C@@H]1O[C@@H](CO)[C@@H](O)[C@H](O)[C@@H]1O[C@H]1O[C@H](CO)[C@@H](O)[C@H](OC(N)=O)[C@@H]1O)c1c[n-]cn1. The van der Waals surface area contributed by atoms with Crippen LogP contribution < -0.4 is 65.6 Å². The Kier molecular flexibility index (Phi) is 29.0. The lowest BCUT2D eigenvalue weighted by molar-refractivity contribution is -0.372. The van der Waals surface area contributed by atoms with Gasteiger partial charge in [0.2, 0.25) is 29.5 Å². The van der Waals surface area contributed by atoms with E-state index in [1.54, 1.807) is 10.8 Å². The number of hydrogen-bond donors (Lipinski definition) is 19. The van der Waals surface area contributed by atoms with Crippen molar-refractivity contribution in [3.05, 3.63) is 56.8 Å². The summed E-state index contributed by atoms with van der Waals surface area (Å²) in [6, 6.07) is -7.90. The summed E-state index contributed by atoms with van der Waals surface area (Å²) >= 11 is 2.52. The van der Waals surface area contributed by atoms with Crippen molar-refractivity contribution in [1.82, 2.24) is 61.8 Å². The molecular formula is C55H83N17O21S3. The number of nitrogen functional groups attached to an aromatic ring is 1. The summed E-state index contributed by atoms with van der Waals surface area (Å²) in [5, 5.41) is 108. The fourth-order valence-corrected chi connectivity index (χ4v) is 12.1. The van der Waals surface area contributed by atoms with Crippen molar-refractivity contribution in [3.63, 3.8) is 0 Å². The molecule has 2 aliphatic heterocycles. The highest BCUT2D eigenvalue weighted by atomic mass is 32.2. The Labute approximate surface area is 559 Å². The van der Waals surface area contributed by atoms with Gasteiger partial charge < -0.3 is 135 Å². The van der Waals surface area contributed by atoms with Crippen LogP contribution in [0.1, 0.15) is 88.8 Å². The van der Waals surface area contributed by atoms with E-state index in [9.17, 15) is 74.4 Å². The Balaban J connectivity index is 1.26. The van der Waals surface area contributed by atoms with Crippen LogP contribution in [0.15, 0.2) is 23.3 Å². The van der Waals surface area contributed by atoms with Crippen molar-refractivity contribution < 1.29 is 103 Å². The first-order valence-electron chi connectivity index (χ1n) is 29.8. The zero-order valence-corrected chi connectivity index (χ0v) is 55.3. The van der Waals surface area contributed by atoms with Crippen molar-refractivity contribution in [3.8, 4) is 10.7 Å². The van der Waals surface area contributed by atoms with Crippen LogP contribution in [0.5, 0.6) is 0 Å². The van der Waals surface area contributed by atoms with E-state index in [2.05, 4.69) is 74.3 Å². The number of anilines is 1. The number of carbonyl (C=O) groups excluding carboxylic acids is 8. The Morgan fingerprint density at radius 1 is 0.781 bits per heavy atom. The lowest BCUT2D eigenvalue weighted by atomic mass is 9.96. The maximum absolute atomic E-state index is 15.2. The smallest absolute Gasteiger partial charge is 0.404 e. The molecule has 0 spiro atoms. The van der Waals surface area contributed by atoms with Crippen molar-refractivity contribution in [2.45, 2.75) is 157 Å². The van der Waals surface area contributed by atoms with E-state index in [0.717, 1.165) is 24.7 Å². The number of nitrogens with zero attached hydrogens (tertiary/aromatic N) is 6. The molecule has 0 aliphatic carbocycles. The van der Waals surface area contributed by atoms with E-state index < -0.39 is 183 Å². The largest absolute Gasteiger partial charge is 0.449 e. The van der Waals surface area contributed by atoms with Crippen LogP contribution >= 0.6 is 22.7 Å². The number of aromatic nitrogens is 6. The van der Waals surface area contributed by atoms with Gasteiger partial charge in [0, 0.05) is 55.2 Å². The zero-order valence-electron chi connectivity index (χ0n) is 52.8. The number of aliphatic hydroxyl groups excluding tert-OH is 8. The molecule has 532 valence electrons. The Bertz CT molecular complexity index is 3280. The number of primary amides is 3. The van der Waals surface area contributed by atoms with Gasteiger partial charge in [0.05, 0.1) is 67.0 Å². The zero-order chi connectivity index (χ0) is 71.0. The minimum absolute atomic E-state index is 0.00721. The van der Waals surface area contributed by atoms with Gasteiger partial charge in [0.1, 0.15) is 100 Å². The number of nitrogens with one attached hydrogen (secondary N) is 6. The fraction of sp³-hybridized carbons (Fsp3) is 0.618. The number of thiazole rings is 2. The molecule has 19 atom stereocenters. The predicted molar refractivity (Wildman–Crippen MR) is 338 cm³/mol. The highest BCUT2D eigenvalue weighted by Gasteiger charge is 2.53. The van der Waals surface area contributed by atoms with Crippen molar-refractivity contribution >= 4 is 86.8 Å². The molecule has 0 radical (unpaired) electrons. The maximum Gasteiger partial charge on any atom is 0.404 e. The van der Waals surface area contributed by atoms with Crippen LogP contribution in [0.25, 0.3) is 10.7 Å². The van der Waals surface area contributed by atoms with Crippen molar-refractivity contribution in [2.75, 3.05) is 56.8 Å². The van der Waals surface area contributed by atoms with E-state index in [1.807, 2.05) is 0 Å². The molecular weight excluding hydrogens is 1330 g/mol. The van der Waals surface area contributed by atoms with Gasteiger partial charge in [-0.2, -0.15) is 0 Å². The third-order valence-electron chi connectivity index (χ3n) is 15.2. The van der Waals surface area contributed by atoms with E-state index in [0.29, 0.717) is 22.3 Å². The average Bonchev–Trinajstić information content (AvgIpc) is 0.885. The number of ether oxygens (including phenoxy) is 5. The summed E-state index contributed by atoms with van der Waals surface area (Å²) in [6.45, 7) is 3.14. The second-order valence-electron chi connectivity index (χ2n) is 22.8. The topological polar surface area (TPSA) is 625 Å². The van der Waals surface area contributed by atoms with E-state index >= 15 is 4.79 Å². The number of aliphatic hydroxyl groups is 8. The lowest BCUT2D eigenvalue weighted by Gasteiger charge is -2.47. The highest BCUT2D eigenvalue weighted by molar-refractivity contribution is 7.95. The third-order valence-corrected chi connectivity index (χ3v) is 18.1. The molecule has 24 N–H and O–H groups in total. The summed E-state index contributed by atoms with van der Waals surface area (Å²) < 4.78 is 28.7. The molecule has 41 heteroatoms. The maximum atomic E-state index is 15.2. The van der Waals surface area contributed by atoms with Crippen LogP contribution in [0, 0.1) is 12.8 Å². The molecule has 38 nitrogen and oxygen atoms in total. The number of rotatable bonds is 35. The molecule has 0 saturated carbocycles. The standard InChI is InChI=1S/C55H83N17O21S3/c1-20-33(69-46(72-44(20)58)25(12-31(57)76)64-13-24(56)45(59)82)50(86)71-35(41(26-14-61-19-65-26)91-54-43(39(80)37(78)29(15-73)90-54)92-53-40(81)42(93-55(60)88)38(79)30(16-74)89-53)51(87)66-22(3)36(77)21(2)47(83)70-34(23(4)75)49(85)63-10-8-32-67-28(18-94-32)52-68-27(17-95-52)48(84)62-9-7-11-96(5)6/h14,17-19,21-25,29-30,34-43,53-54,64,73-75,77-81H,7-13,15-16,56H2,1-6H3,(H13-,57,58,59,60,61,62,63,65,66,69,70,71,72,76,82,83,84,85,86,87,88)/t21-,22+,23+,24-,25-,29-,30+,34-,35-,36-,37+,38+,39-,40-,41-,42-,43-,53+,54-/m0/s1. The Hall–Kier alpha value is -7.30. The van der Waals surface area contributed by atoms with Crippen LogP contribution in [0.2, 0.25) is 0 Å². The van der Waals surface area contributed by atoms with Gasteiger partial charge in [-0.1, -0.05) is 19.4 Å². The Morgan fingerprint density at radius 3 is 2.09 bits per heavy atom. The van der Waals surface area contributed by atoms with Crippen molar-refractivity contribution in [1.29, 1.82) is 0 Å². The van der Waals surface area contributed by atoms with Gasteiger partial charge in [-0.3, -0.25) is 33.6 Å². The lowest BCUT2D eigenvalue weighted by Crippen LogP contribution is -2.65. The molecule has 4 aromatic heterocycles. The number of nitrogens with two attached hydrogens (primary N) is 5. The van der Waals surface area contributed by atoms with E-state index in [1.165, 1.54) is 50.4 Å². The molecule has 0 aromatic carbocycles. The molecule has 2 fully saturated rings.